The van der Waals surface area contributed by atoms with Gasteiger partial charge in [0.25, 0.3) is 0 Å². The molecule has 22 heavy (non-hydrogen) atoms. The number of pyridine rings is 1. The zero-order chi connectivity index (χ0) is 15.7. The van der Waals surface area contributed by atoms with E-state index >= 15 is 0 Å². The van der Waals surface area contributed by atoms with Crippen LogP contribution in [0.5, 0.6) is 0 Å². The Morgan fingerprint density at radius 1 is 1.14 bits per heavy atom. The Morgan fingerprint density at radius 3 is 2.73 bits per heavy atom. The van der Waals surface area contributed by atoms with Crippen LogP contribution in [0.15, 0.2) is 48.7 Å². The maximum atomic E-state index is 11.4. The number of nitrogens with one attached hydrogen (secondary N) is 1. The molecule has 0 aliphatic carbocycles. The van der Waals surface area contributed by atoms with Gasteiger partial charge in [-0.15, -0.1) is 0 Å². The zero-order valence-electron chi connectivity index (χ0n) is 11.2. The standard InChI is InChI=1S/C16H10ClIN2O2/c17-9-1-3-11-14(5-6-19-15(11)7-9)20-13-4-2-10(18)8-12(13)16(21)22/h1-8H,(H,19,20)(H,21,22). The number of carbonyl (C=O) groups is 1. The van der Waals surface area contributed by atoms with E-state index in [1.165, 1.54) is 0 Å². The van der Waals surface area contributed by atoms with Crippen molar-refractivity contribution in [1.29, 1.82) is 0 Å². The molecule has 0 fully saturated rings. The first-order chi connectivity index (χ1) is 10.5. The van der Waals surface area contributed by atoms with Crippen molar-refractivity contribution in [2.45, 2.75) is 0 Å². The lowest BCUT2D eigenvalue weighted by molar-refractivity contribution is 0.0698. The lowest BCUT2D eigenvalue weighted by Gasteiger charge is -2.12. The van der Waals surface area contributed by atoms with Crippen molar-refractivity contribution in [2.75, 3.05) is 5.32 Å². The SMILES string of the molecule is O=C(O)c1cc(I)ccc1Nc1ccnc2cc(Cl)ccc12. The van der Waals surface area contributed by atoms with Crippen molar-refractivity contribution in [1.82, 2.24) is 4.98 Å². The fraction of sp³-hybridized carbons (Fsp3) is 0. The van der Waals surface area contributed by atoms with Crippen LogP contribution in [0.25, 0.3) is 10.9 Å². The molecule has 2 N–H and O–H groups in total. The number of hydrogen-bond acceptors (Lipinski definition) is 3. The second-order valence-corrected chi connectivity index (χ2v) is 6.32. The van der Waals surface area contributed by atoms with E-state index in [0.717, 1.165) is 20.2 Å². The minimum Gasteiger partial charge on any atom is -0.478 e. The topological polar surface area (TPSA) is 62.2 Å². The molecular weight excluding hydrogens is 415 g/mol. The van der Waals surface area contributed by atoms with E-state index in [-0.39, 0.29) is 5.56 Å². The van der Waals surface area contributed by atoms with E-state index < -0.39 is 5.97 Å². The van der Waals surface area contributed by atoms with Crippen LogP contribution in [0.4, 0.5) is 11.4 Å². The molecule has 3 aromatic rings. The van der Waals surface area contributed by atoms with Crippen LogP contribution >= 0.6 is 34.2 Å². The second-order valence-electron chi connectivity index (χ2n) is 4.64. The fourth-order valence-electron chi connectivity index (χ4n) is 2.18. The number of carboxylic acids is 1. The first-order valence-electron chi connectivity index (χ1n) is 6.39. The Kier molecular flexibility index (Phi) is 4.17. The molecule has 0 atom stereocenters. The summed E-state index contributed by atoms with van der Waals surface area (Å²) in [6.07, 6.45) is 1.66. The third-order valence-electron chi connectivity index (χ3n) is 3.19. The van der Waals surface area contributed by atoms with Crippen LogP contribution in [0.2, 0.25) is 5.02 Å². The highest BCUT2D eigenvalue weighted by molar-refractivity contribution is 14.1. The number of benzene rings is 2. The number of nitrogens with zero attached hydrogens (tertiary/aromatic N) is 1. The highest BCUT2D eigenvalue weighted by Gasteiger charge is 2.12. The summed E-state index contributed by atoms with van der Waals surface area (Å²) < 4.78 is 0.868. The third-order valence-corrected chi connectivity index (χ3v) is 4.09. The van der Waals surface area contributed by atoms with Crippen LogP contribution in [-0.4, -0.2) is 16.1 Å². The Labute approximate surface area is 145 Å². The molecule has 1 heterocycles. The van der Waals surface area contributed by atoms with Gasteiger partial charge in [0, 0.05) is 25.9 Å². The summed E-state index contributed by atoms with van der Waals surface area (Å²) in [5.41, 5.74) is 2.30. The predicted octanol–water partition coefficient (Wildman–Crippen LogP) is 4.93. The van der Waals surface area contributed by atoms with Gasteiger partial charge in [0.15, 0.2) is 0 Å². The van der Waals surface area contributed by atoms with Gasteiger partial charge in [0.05, 0.1) is 16.8 Å². The Morgan fingerprint density at radius 2 is 1.95 bits per heavy atom. The maximum Gasteiger partial charge on any atom is 0.337 e. The van der Waals surface area contributed by atoms with Crippen LogP contribution < -0.4 is 5.32 Å². The molecule has 0 unspecified atom stereocenters. The summed E-state index contributed by atoms with van der Waals surface area (Å²) in [6.45, 7) is 0. The average Bonchev–Trinajstić information content (AvgIpc) is 2.48. The molecule has 0 saturated heterocycles. The average molecular weight is 425 g/mol. The van der Waals surface area contributed by atoms with E-state index in [1.807, 2.05) is 12.1 Å². The van der Waals surface area contributed by atoms with E-state index in [0.29, 0.717) is 10.7 Å². The van der Waals surface area contributed by atoms with Crippen LogP contribution in [0.1, 0.15) is 10.4 Å². The van der Waals surface area contributed by atoms with Crippen molar-refractivity contribution in [3.8, 4) is 0 Å². The highest BCUT2D eigenvalue weighted by Crippen LogP contribution is 2.29. The summed E-state index contributed by atoms with van der Waals surface area (Å²) in [6, 6.07) is 12.5. The molecule has 0 spiro atoms. The second kappa shape index (κ2) is 6.10. The molecule has 2 aromatic carbocycles. The molecular formula is C16H10ClIN2O2. The molecule has 3 rings (SSSR count). The fourth-order valence-corrected chi connectivity index (χ4v) is 2.84. The van der Waals surface area contributed by atoms with Crippen molar-refractivity contribution < 1.29 is 9.90 Å². The number of aromatic nitrogens is 1. The number of fused-ring (bicyclic) bond motifs is 1. The van der Waals surface area contributed by atoms with Gasteiger partial charge in [-0.1, -0.05) is 11.6 Å². The smallest absolute Gasteiger partial charge is 0.337 e. The van der Waals surface area contributed by atoms with Crippen molar-refractivity contribution in [2.24, 2.45) is 0 Å². The van der Waals surface area contributed by atoms with Gasteiger partial charge in [-0.05, 0) is 65.1 Å². The number of aromatic carboxylic acids is 1. The zero-order valence-corrected chi connectivity index (χ0v) is 14.1. The predicted molar refractivity (Wildman–Crippen MR) is 96.2 cm³/mol. The molecule has 1 aromatic heterocycles. The Bertz CT molecular complexity index is 883. The van der Waals surface area contributed by atoms with E-state index in [4.69, 9.17) is 11.6 Å². The van der Waals surface area contributed by atoms with E-state index in [9.17, 15) is 9.90 Å². The van der Waals surface area contributed by atoms with Gasteiger partial charge in [0.1, 0.15) is 0 Å². The minimum absolute atomic E-state index is 0.228. The largest absolute Gasteiger partial charge is 0.478 e. The summed E-state index contributed by atoms with van der Waals surface area (Å²) in [7, 11) is 0. The molecule has 0 aliphatic heterocycles. The summed E-state index contributed by atoms with van der Waals surface area (Å²) >= 11 is 8.06. The first kappa shape index (κ1) is 15.1. The molecule has 0 bridgehead atoms. The summed E-state index contributed by atoms with van der Waals surface area (Å²) in [4.78, 5) is 15.7. The van der Waals surface area contributed by atoms with Crippen LogP contribution in [0, 0.1) is 3.57 Å². The molecule has 0 aliphatic rings. The highest BCUT2D eigenvalue weighted by atomic mass is 127. The Balaban J connectivity index is 2.09. The van der Waals surface area contributed by atoms with Crippen molar-refractivity contribution in [3.63, 3.8) is 0 Å². The van der Waals surface area contributed by atoms with Gasteiger partial charge in [-0.25, -0.2) is 4.79 Å². The summed E-state index contributed by atoms with van der Waals surface area (Å²) in [5.74, 6) is -0.970. The van der Waals surface area contributed by atoms with Gasteiger partial charge in [-0.2, -0.15) is 0 Å². The third kappa shape index (κ3) is 3.00. The number of rotatable bonds is 3. The lowest BCUT2D eigenvalue weighted by atomic mass is 10.1. The number of hydrogen-bond donors (Lipinski definition) is 2. The normalized spacial score (nSPS) is 10.6. The molecule has 0 saturated carbocycles. The van der Waals surface area contributed by atoms with Crippen LogP contribution in [-0.2, 0) is 0 Å². The van der Waals surface area contributed by atoms with Gasteiger partial charge >= 0.3 is 5.97 Å². The first-order valence-corrected chi connectivity index (χ1v) is 7.84. The van der Waals surface area contributed by atoms with Crippen LogP contribution in [0.3, 0.4) is 0 Å². The van der Waals surface area contributed by atoms with Gasteiger partial charge < -0.3 is 10.4 Å². The number of anilines is 2. The van der Waals surface area contributed by atoms with Gasteiger partial charge in [-0.3, -0.25) is 4.98 Å². The van der Waals surface area contributed by atoms with Crippen molar-refractivity contribution in [3.05, 3.63) is 62.8 Å². The monoisotopic (exact) mass is 424 g/mol. The number of carboxylic acid groups (broad SMARTS) is 1. The molecule has 6 heteroatoms. The lowest BCUT2D eigenvalue weighted by Crippen LogP contribution is -2.03. The molecule has 4 nitrogen and oxygen atoms in total. The minimum atomic E-state index is -0.970. The van der Waals surface area contributed by atoms with E-state index in [2.05, 4.69) is 32.9 Å². The maximum absolute atomic E-state index is 11.4. The van der Waals surface area contributed by atoms with Gasteiger partial charge in [0.2, 0.25) is 0 Å². The molecule has 0 radical (unpaired) electrons. The number of halogens is 2. The Hall–Kier alpha value is -1.86. The molecule has 110 valence electrons. The summed E-state index contributed by atoms with van der Waals surface area (Å²) in [5, 5.41) is 14.0. The molecule has 0 amide bonds. The van der Waals surface area contributed by atoms with E-state index in [1.54, 1.807) is 36.5 Å². The quantitative estimate of drug-likeness (QED) is 0.585. The van der Waals surface area contributed by atoms with Crippen molar-refractivity contribution >= 4 is 62.4 Å².